The molecule has 20 heavy (non-hydrogen) atoms. The van der Waals surface area contributed by atoms with Crippen molar-refractivity contribution in [1.29, 1.82) is 0 Å². The molecule has 108 valence electrons. The summed E-state index contributed by atoms with van der Waals surface area (Å²) in [5.74, 6) is -0.530. The number of hydrogen-bond acceptors (Lipinski definition) is 4. The largest absolute Gasteiger partial charge is 0.477 e. The fraction of sp³-hybridized carbons (Fsp3) is 0.500. The van der Waals surface area contributed by atoms with Crippen LogP contribution in [-0.4, -0.2) is 25.6 Å². The summed E-state index contributed by atoms with van der Waals surface area (Å²) >= 11 is 1.23. The third-order valence-corrected chi connectivity index (χ3v) is 4.04. The molecular weight excluding hydrogens is 274 g/mol. The van der Waals surface area contributed by atoms with Gasteiger partial charge in [0.25, 0.3) is 0 Å². The molecule has 0 atom stereocenters. The van der Waals surface area contributed by atoms with Crippen LogP contribution in [0.15, 0.2) is 12.5 Å². The van der Waals surface area contributed by atoms with Crippen LogP contribution >= 0.6 is 11.3 Å². The molecule has 0 saturated carbocycles. The number of aromatic carboxylic acids is 1. The van der Waals surface area contributed by atoms with E-state index in [2.05, 4.69) is 37.7 Å². The van der Waals surface area contributed by atoms with Gasteiger partial charge in [-0.05, 0) is 26.2 Å². The van der Waals surface area contributed by atoms with Gasteiger partial charge >= 0.3 is 5.97 Å². The van der Waals surface area contributed by atoms with Crippen LogP contribution in [0.5, 0.6) is 0 Å². The first kappa shape index (κ1) is 14.7. The van der Waals surface area contributed by atoms with E-state index in [9.17, 15) is 9.90 Å². The molecule has 0 spiro atoms. The standard InChI is InChI=1S/C14H19N3O2S/c1-8(2)5-10-12(14(18)19)20-13(16-10)11-6-15-7-17(11)9(3)4/h6-9H,5H2,1-4H3,(H,18,19). The van der Waals surface area contributed by atoms with Crippen molar-refractivity contribution >= 4 is 17.3 Å². The van der Waals surface area contributed by atoms with E-state index in [0.29, 0.717) is 22.9 Å². The summed E-state index contributed by atoms with van der Waals surface area (Å²) in [5.41, 5.74) is 1.55. The summed E-state index contributed by atoms with van der Waals surface area (Å²) in [7, 11) is 0. The van der Waals surface area contributed by atoms with Gasteiger partial charge in [-0.15, -0.1) is 11.3 Å². The molecule has 0 amide bonds. The fourth-order valence-electron chi connectivity index (χ4n) is 2.04. The Hall–Kier alpha value is -1.69. The Morgan fingerprint density at radius 1 is 1.40 bits per heavy atom. The molecule has 0 aliphatic rings. The molecule has 0 aliphatic carbocycles. The van der Waals surface area contributed by atoms with Crippen molar-refractivity contribution in [3.8, 4) is 10.7 Å². The zero-order chi connectivity index (χ0) is 14.9. The van der Waals surface area contributed by atoms with Gasteiger partial charge in [0, 0.05) is 6.04 Å². The van der Waals surface area contributed by atoms with Gasteiger partial charge in [0.15, 0.2) is 0 Å². The van der Waals surface area contributed by atoms with Crippen molar-refractivity contribution in [2.24, 2.45) is 5.92 Å². The predicted molar refractivity (Wildman–Crippen MR) is 79.2 cm³/mol. The van der Waals surface area contributed by atoms with E-state index in [1.54, 1.807) is 12.5 Å². The minimum atomic E-state index is -0.903. The number of carbonyl (C=O) groups is 1. The number of carboxylic acid groups (broad SMARTS) is 1. The topological polar surface area (TPSA) is 68.0 Å². The molecule has 0 radical (unpaired) electrons. The maximum atomic E-state index is 11.4. The van der Waals surface area contributed by atoms with Gasteiger partial charge in [-0.2, -0.15) is 0 Å². The predicted octanol–water partition coefficient (Wildman–Crippen LogP) is 3.48. The van der Waals surface area contributed by atoms with Crippen molar-refractivity contribution < 1.29 is 9.90 Å². The average Bonchev–Trinajstić information content (AvgIpc) is 2.92. The average molecular weight is 293 g/mol. The van der Waals surface area contributed by atoms with Crippen LogP contribution in [0.25, 0.3) is 10.7 Å². The lowest BCUT2D eigenvalue weighted by Gasteiger charge is -2.09. The van der Waals surface area contributed by atoms with Crippen LogP contribution in [0.3, 0.4) is 0 Å². The summed E-state index contributed by atoms with van der Waals surface area (Å²) in [5, 5.41) is 10.0. The van der Waals surface area contributed by atoms with Gasteiger partial charge < -0.3 is 9.67 Å². The molecular formula is C14H19N3O2S. The molecule has 6 heteroatoms. The van der Waals surface area contributed by atoms with Crippen LogP contribution in [-0.2, 0) is 6.42 Å². The Morgan fingerprint density at radius 2 is 2.10 bits per heavy atom. The van der Waals surface area contributed by atoms with Crippen molar-refractivity contribution in [3.63, 3.8) is 0 Å². The van der Waals surface area contributed by atoms with Crippen molar-refractivity contribution in [2.75, 3.05) is 0 Å². The van der Waals surface area contributed by atoms with Crippen LogP contribution < -0.4 is 0 Å². The molecule has 0 unspecified atom stereocenters. The first-order valence-corrected chi connectivity index (χ1v) is 7.47. The lowest BCUT2D eigenvalue weighted by Crippen LogP contribution is -2.03. The number of aromatic nitrogens is 3. The molecule has 0 aromatic carbocycles. The zero-order valence-corrected chi connectivity index (χ0v) is 12.9. The second-order valence-corrected chi connectivity index (χ2v) is 6.48. The number of imidazole rings is 1. The Labute approximate surface area is 122 Å². The van der Waals surface area contributed by atoms with E-state index in [4.69, 9.17) is 0 Å². The number of carboxylic acids is 1. The van der Waals surface area contributed by atoms with E-state index in [-0.39, 0.29) is 6.04 Å². The summed E-state index contributed by atoms with van der Waals surface area (Å²) in [4.78, 5) is 20.4. The number of hydrogen-bond donors (Lipinski definition) is 1. The van der Waals surface area contributed by atoms with Gasteiger partial charge in [0.2, 0.25) is 0 Å². The highest BCUT2D eigenvalue weighted by Crippen LogP contribution is 2.30. The normalized spacial score (nSPS) is 11.5. The second-order valence-electron chi connectivity index (χ2n) is 5.48. The molecule has 2 aromatic rings. The molecule has 0 saturated heterocycles. The number of nitrogens with zero attached hydrogens (tertiary/aromatic N) is 3. The quantitative estimate of drug-likeness (QED) is 0.916. The Balaban J connectivity index is 2.47. The molecule has 0 bridgehead atoms. The molecule has 5 nitrogen and oxygen atoms in total. The second kappa shape index (κ2) is 5.75. The first-order valence-electron chi connectivity index (χ1n) is 6.65. The molecule has 2 heterocycles. The van der Waals surface area contributed by atoms with Crippen molar-refractivity contribution in [3.05, 3.63) is 23.1 Å². The monoisotopic (exact) mass is 293 g/mol. The summed E-state index contributed by atoms with van der Waals surface area (Å²) < 4.78 is 2.00. The number of rotatable bonds is 5. The van der Waals surface area contributed by atoms with Crippen LogP contribution in [0, 0.1) is 5.92 Å². The third-order valence-electron chi connectivity index (χ3n) is 2.93. The molecule has 2 aromatic heterocycles. The van der Waals surface area contributed by atoms with Gasteiger partial charge in [-0.1, -0.05) is 13.8 Å². The first-order chi connectivity index (χ1) is 9.40. The van der Waals surface area contributed by atoms with E-state index >= 15 is 0 Å². The lowest BCUT2D eigenvalue weighted by molar-refractivity contribution is 0.0700. The Morgan fingerprint density at radius 3 is 2.65 bits per heavy atom. The summed E-state index contributed by atoms with van der Waals surface area (Å²) in [6.07, 6.45) is 4.17. The minimum absolute atomic E-state index is 0.262. The number of thiazole rings is 1. The maximum absolute atomic E-state index is 11.4. The molecule has 1 N–H and O–H groups in total. The van der Waals surface area contributed by atoms with Gasteiger partial charge in [-0.25, -0.2) is 14.8 Å². The molecule has 0 aliphatic heterocycles. The molecule has 2 rings (SSSR count). The maximum Gasteiger partial charge on any atom is 0.347 e. The van der Waals surface area contributed by atoms with E-state index in [1.165, 1.54) is 11.3 Å². The fourth-order valence-corrected chi connectivity index (χ4v) is 2.98. The van der Waals surface area contributed by atoms with Gasteiger partial charge in [0.05, 0.1) is 23.9 Å². The highest BCUT2D eigenvalue weighted by Gasteiger charge is 2.21. The van der Waals surface area contributed by atoms with Gasteiger partial charge in [-0.3, -0.25) is 0 Å². The minimum Gasteiger partial charge on any atom is -0.477 e. The van der Waals surface area contributed by atoms with E-state index in [0.717, 1.165) is 10.7 Å². The zero-order valence-electron chi connectivity index (χ0n) is 12.1. The SMILES string of the molecule is CC(C)Cc1nc(-c2cncn2C(C)C)sc1C(=O)O. The van der Waals surface area contributed by atoms with E-state index in [1.807, 2.05) is 4.57 Å². The lowest BCUT2D eigenvalue weighted by atomic mass is 10.1. The van der Waals surface area contributed by atoms with Crippen LogP contribution in [0.1, 0.15) is 49.1 Å². The van der Waals surface area contributed by atoms with E-state index < -0.39 is 5.97 Å². The van der Waals surface area contributed by atoms with Crippen LogP contribution in [0.2, 0.25) is 0 Å². The van der Waals surface area contributed by atoms with Crippen LogP contribution in [0.4, 0.5) is 0 Å². The highest BCUT2D eigenvalue weighted by atomic mass is 32.1. The Kier molecular flexibility index (Phi) is 4.23. The summed E-state index contributed by atoms with van der Waals surface area (Å²) in [6.45, 7) is 8.24. The smallest absolute Gasteiger partial charge is 0.347 e. The molecule has 0 fully saturated rings. The van der Waals surface area contributed by atoms with Crippen molar-refractivity contribution in [1.82, 2.24) is 14.5 Å². The highest BCUT2D eigenvalue weighted by molar-refractivity contribution is 7.17. The summed E-state index contributed by atoms with van der Waals surface area (Å²) in [6, 6.07) is 0.262. The van der Waals surface area contributed by atoms with Crippen molar-refractivity contribution in [2.45, 2.75) is 40.2 Å². The van der Waals surface area contributed by atoms with Gasteiger partial charge in [0.1, 0.15) is 9.88 Å². The third kappa shape index (κ3) is 2.90. The Bertz CT molecular complexity index is 614.